The molecule has 0 radical (unpaired) electrons. The molecule has 1 heterocycles. The van der Waals surface area contributed by atoms with Crippen molar-refractivity contribution in [3.63, 3.8) is 0 Å². The third kappa shape index (κ3) is 4.95. The van der Waals surface area contributed by atoms with Crippen LogP contribution in [0.2, 0.25) is 0 Å². The van der Waals surface area contributed by atoms with E-state index in [1.54, 1.807) is 6.20 Å². The average Bonchev–Trinajstić information content (AvgIpc) is 2.36. The fourth-order valence-electron chi connectivity index (χ4n) is 1.42. The van der Waals surface area contributed by atoms with Crippen molar-refractivity contribution in [3.8, 4) is 0 Å². The average molecular weight is 235 g/mol. The third-order valence-electron chi connectivity index (χ3n) is 2.77. The van der Waals surface area contributed by atoms with Gasteiger partial charge in [0.15, 0.2) is 0 Å². The van der Waals surface area contributed by atoms with Crippen molar-refractivity contribution in [1.82, 2.24) is 15.6 Å². The van der Waals surface area contributed by atoms with Crippen LogP contribution in [-0.2, 0) is 4.79 Å². The van der Waals surface area contributed by atoms with Gasteiger partial charge >= 0.3 is 0 Å². The van der Waals surface area contributed by atoms with Gasteiger partial charge in [0.05, 0.1) is 6.54 Å². The molecule has 1 aromatic rings. The van der Waals surface area contributed by atoms with Gasteiger partial charge in [-0.15, -0.1) is 0 Å². The Labute approximate surface area is 103 Å². The Kier molecular flexibility index (Phi) is 5.63. The number of amides is 1. The van der Waals surface area contributed by atoms with Crippen LogP contribution in [0.25, 0.3) is 0 Å². The summed E-state index contributed by atoms with van der Waals surface area (Å²) in [6.07, 6.45) is 4.50. The van der Waals surface area contributed by atoms with Crippen LogP contribution in [0, 0.1) is 0 Å². The summed E-state index contributed by atoms with van der Waals surface area (Å²) in [5.74, 6) is 0.0371. The zero-order chi connectivity index (χ0) is 12.7. The molecule has 2 atom stereocenters. The van der Waals surface area contributed by atoms with Gasteiger partial charge in [-0.3, -0.25) is 9.78 Å². The first kappa shape index (κ1) is 13.6. The maximum absolute atomic E-state index is 11.6. The van der Waals surface area contributed by atoms with Gasteiger partial charge in [-0.25, -0.2) is 0 Å². The summed E-state index contributed by atoms with van der Waals surface area (Å²) in [7, 11) is 0. The molecule has 4 heteroatoms. The third-order valence-corrected chi connectivity index (χ3v) is 2.77. The van der Waals surface area contributed by atoms with Crippen LogP contribution < -0.4 is 10.6 Å². The topological polar surface area (TPSA) is 54.0 Å². The van der Waals surface area contributed by atoms with Crippen molar-refractivity contribution >= 4 is 5.91 Å². The molecule has 0 saturated carbocycles. The van der Waals surface area contributed by atoms with Gasteiger partial charge in [0.25, 0.3) is 0 Å². The zero-order valence-corrected chi connectivity index (χ0v) is 10.7. The SMILES string of the molecule is CCC(C)NC(=O)CN[C@H](C)c1cccnc1. The van der Waals surface area contributed by atoms with Gasteiger partial charge in [0.2, 0.25) is 5.91 Å². The lowest BCUT2D eigenvalue weighted by atomic mass is 10.1. The summed E-state index contributed by atoms with van der Waals surface area (Å²) < 4.78 is 0. The standard InChI is InChI=1S/C13H21N3O/c1-4-10(2)16-13(17)9-15-11(3)12-6-5-7-14-8-12/h5-8,10-11,15H,4,9H2,1-3H3,(H,16,17)/t10?,11-/m1/s1. The van der Waals surface area contributed by atoms with Crippen LogP contribution in [0.15, 0.2) is 24.5 Å². The van der Waals surface area contributed by atoms with Crippen LogP contribution in [0.3, 0.4) is 0 Å². The first-order valence-corrected chi connectivity index (χ1v) is 6.06. The number of nitrogens with one attached hydrogen (secondary N) is 2. The van der Waals surface area contributed by atoms with Crippen LogP contribution in [-0.4, -0.2) is 23.5 Å². The highest BCUT2D eigenvalue weighted by molar-refractivity contribution is 5.78. The second kappa shape index (κ2) is 7.01. The van der Waals surface area contributed by atoms with Crippen LogP contribution in [0.1, 0.15) is 38.8 Å². The van der Waals surface area contributed by atoms with Crippen molar-refractivity contribution in [2.24, 2.45) is 0 Å². The minimum absolute atomic E-state index is 0.0371. The molecule has 1 rings (SSSR count). The molecule has 0 spiro atoms. The maximum atomic E-state index is 11.6. The second-order valence-electron chi connectivity index (χ2n) is 4.27. The molecule has 1 amide bonds. The van der Waals surface area contributed by atoms with E-state index in [4.69, 9.17) is 0 Å². The van der Waals surface area contributed by atoms with E-state index in [1.165, 1.54) is 0 Å². The summed E-state index contributed by atoms with van der Waals surface area (Å²) in [6.45, 7) is 6.41. The Morgan fingerprint density at radius 2 is 2.24 bits per heavy atom. The summed E-state index contributed by atoms with van der Waals surface area (Å²) in [5, 5.41) is 6.10. The molecule has 0 aliphatic rings. The highest BCUT2D eigenvalue weighted by Crippen LogP contribution is 2.08. The molecule has 17 heavy (non-hydrogen) atoms. The molecule has 0 aromatic carbocycles. The van der Waals surface area contributed by atoms with E-state index in [9.17, 15) is 4.79 Å². The summed E-state index contributed by atoms with van der Waals surface area (Å²) in [4.78, 5) is 15.6. The first-order valence-electron chi connectivity index (χ1n) is 6.06. The van der Waals surface area contributed by atoms with Gasteiger partial charge in [-0.05, 0) is 31.9 Å². The van der Waals surface area contributed by atoms with Gasteiger partial charge in [-0.2, -0.15) is 0 Å². The van der Waals surface area contributed by atoms with Crippen LogP contribution in [0.5, 0.6) is 0 Å². The van der Waals surface area contributed by atoms with E-state index in [2.05, 4.69) is 22.5 Å². The summed E-state index contributed by atoms with van der Waals surface area (Å²) >= 11 is 0. The zero-order valence-electron chi connectivity index (χ0n) is 10.7. The van der Waals surface area contributed by atoms with E-state index in [0.717, 1.165) is 12.0 Å². The Morgan fingerprint density at radius 1 is 1.47 bits per heavy atom. The molecule has 4 nitrogen and oxygen atoms in total. The Hall–Kier alpha value is -1.42. The summed E-state index contributed by atoms with van der Waals surface area (Å²) in [5.41, 5.74) is 1.09. The first-order chi connectivity index (χ1) is 8.13. The minimum Gasteiger partial charge on any atom is -0.353 e. The van der Waals surface area contributed by atoms with Gasteiger partial charge in [-0.1, -0.05) is 13.0 Å². The minimum atomic E-state index is 0.0371. The molecule has 0 fully saturated rings. The molecular weight excluding hydrogens is 214 g/mol. The monoisotopic (exact) mass is 235 g/mol. The molecule has 0 bridgehead atoms. The molecule has 2 N–H and O–H groups in total. The smallest absolute Gasteiger partial charge is 0.234 e. The maximum Gasteiger partial charge on any atom is 0.234 e. The van der Waals surface area contributed by atoms with E-state index in [0.29, 0.717) is 6.54 Å². The largest absolute Gasteiger partial charge is 0.353 e. The predicted molar refractivity (Wildman–Crippen MR) is 68.6 cm³/mol. The predicted octanol–water partition coefficient (Wildman–Crippen LogP) is 1.65. The number of aromatic nitrogens is 1. The fourth-order valence-corrected chi connectivity index (χ4v) is 1.42. The number of carbonyl (C=O) groups is 1. The van der Waals surface area contributed by atoms with Crippen LogP contribution >= 0.6 is 0 Å². The molecule has 94 valence electrons. The number of carbonyl (C=O) groups excluding carboxylic acids is 1. The number of hydrogen-bond donors (Lipinski definition) is 2. The summed E-state index contributed by atoms with van der Waals surface area (Å²) in [6, 6.07) is 4.26. The highest BCUT2D eigenvalue weighted by Gasteiger charge is 2.08. The molecule has 0 aliphatic heterocycles. The normalized spacial score (nSPS) is 14.1. The molecule has 1 unspecified atom stereocenters. The lowest BCUT2D eigenvalue weighted by Gasteiger charge is -2.15. The Morgan fingerprint density at radius 3 is 2.82 bits per heavy atom. The van der Waals surface area contributed by atoms with E-state index >= 15 is 0 Å². The molecule has 1 aromatic heterocycles. The lowest BCUT2D eigenvalue weighted by Crippen LogP contribution is -2.39. The molecular formula is C13H21N3O. The number of pyridine rings is 1. The lowest BCUT2D eigenvalue weighted by molar-refractivity contribution is -0.120. The van der Waals surface area contributed by atoms with E-state index in [-0.39, 0.29) is 18.0 Å². The fraction of sp³-hybridized carbons (Fsp3) is 0.538. The van der Waals surface area contributed by atoms with E-state index in [1.807, 2.05) is 32.2 Å². The van der Waals surface area contributed by atoms with Gasteiger partial charge < -0.3 is 10.6 Å². The van der Waals surface area contributed by atoms with Crippen molar-refractivity contribution in [1.29, 1.82) is 0 Å². The second-order valence-corrected chi connectivity index (χ2v) is 4.27. The Balaban J connectivity index is 2.33. The van der Waals surface area contributed by atoms with Crippen LogP contribution in [0.4, 0.5) is 0 Å². The highest BCUT2D eigenvalue weighted by atomic mass is 16.1. The van der Waals surface area contributed by atoms with Crippen molar-refractivity contribution in [2.75, 3.05) is 6.54 Å². The molecule has 0 saturated heterocycles. The van der Waals surface area contributed by atoms with Gasteiger partial charge in [0.1, 0.15) is 0 Å². The number of hydrogen-bond acceptors (Lipinski definition) is 3. The van der Waals surface area contributed by atoms with E-state index < -0.39 is 0 Å². The van der Waals surface area contributed by atoms with Crippen molar-refractivity contribution in [3.05, 3.63) is 30.1 Å². The van der Waals surface area contributed by atoms with Gasteiger partial charge in [0, 0.05) is 24.5 Å². The Bertz CT molecular complexity index is 340. The molecule has 0 aliphatic carbocycles. The number of nitrogens with zero attached hydrogens (tertiary/aromatic N) is 1. The quantitative estimate of drug-likeness (QED) is 0.788. The number of rotatable bonds is 6. The van der Waals surface area contributed by atoms with Crippen molar-refractivity contribution < 1.29 is 4.79 Å². The van der Waals surface area contributed by atoms with Crippen molar-refractivity contribution in [2.45, 2.75) is 39.3 Å².